The second-order valence-corrected chi connectivity index (χ2v) is 8.50. The molecule has 0 fully saturated rings. The minimum atomic E-state index is -4.42. The van der Waals surface area contributed by atoms with Gasteiger partial charge in [0, 0.05) is 19.6 Å². The van der Waals surface area contributed by atoms with Crippen molar-refractivity contribution < 1.29 is 46.1 Å². The number of hydrogen-bond donors (Lipinski definition) is 0. The van der Waals surface area contributed by atoms with E-state index in [0.29, 0.717) is 23.5 Å². The van der Waals surface area contributed by atoms with Gasteiger partial charge in [0.05, 0.1) is 35.7 Å². The summed E-state index contributed by atoms with van der Waals surface area (Å²) >= 11 is 1.43. The van der Waals surface area contributed by atoms with E-state index in [-0.39, 0.29) is 37.9 Å². The van der Waals surface area contributed by atoms with Crippen LogP contribution in [0, 0.1) is 0 Å². The van der Waals surface area contributed by atoms with Crippen LogP contribution >= 0.6 is 23.5 Å². The van der Waals surface area contributed by atoms with E-state index in [2.05, 4.69) is 0 Å². The molecule has 0 radical (unpaired) electrons. The van der Waals surface area contributed by atoms with Crippen LogP contribution in [0.25, 0.3) is 0 Å². The van der Waals surface area contributed by atoms with Crippen molar-refractivity contribution >= 4 is 35.5 Å². The molecule has 178 valence electrons. The van der Waals surface area contributed by atoms with Gasteiger partial charge in [-0.3, -0.25) is 9.59 Å². The van der Waals surface area contributed by atoms with Gasteiger partial charge >= 0.3 is 23.8 Å². The van der Waals surface area contributed by atoms with E-state index in [4.69, 9.17) is 18.9 Å². The van der Waals surface area contributed by atoms with Crippen molar-refractivity contribution in [2.24, 2.45) is 0 Å². The van der Waals surface area contributed by atoms with Gasteiger partial charge in [0.2, 0.25) is 0 Å². The highest BCUT2D eigenvalue weighted by molar-refractivity contribution is 8.17. The maximum absolute atomic E-state index is 14.5. The fourth-order valence-corrected chi connectivity index (χ4v) is 4.41. The summed E-state index contributed by atoms with van der Waals surface area (Å²) in [5.74, 6) is -10.8. The smallest absolute Gasteiger partial charge is 0.315 e. The van der Waals surface area contributed by atoms with E-state index >= 15 is 0 Å². The Labute approximate surface area is 183 Å². The number of carbonyl (C=O) groups is 2. The molecule has 0 unspecified atom stereocenters. The molecule has 0 aromatic carbocycles. The molecular formula is C18H30F4O6S2. The van der Waals surface area contributed by atoms with Crippen LogP contribution in [0.5, 0.6) is 0 Å². The maximum atomic E-state index is 14.5. The molecule has 0 heterocycles. The molecule has 0 aromatic rings. The Bertz CT molecular complexity index is 483. The van der Waals surface area contributed by atoms with Crippen LogP contribution < -0.4 is 0 Å². The second kappa shape index (κ2) is 15.1. The fourth-order valence-electron chi connectivity index (χ4n) is 2.15. The van der Waals surface area contributed by atoms with Gasteiger partial charge in [0.25, 0.3) is 0 Å². The molecule has 0 aliphatic heterocycles. The zero-order chi connectivity index (χ0) is 23.2. The van der Waals surface area contributed by atoms with Crippen LogP contribution in [0.3, 0.4) is 0 Å². The lowest BCUT2D eigenvalue weighted by Gasteiger charge is -2.31. The number of alkyl halides is 4. The monoisotopic (exact) mass is 482 g/mol. The highest BCUT2D eigenvalue weighted by atomic mass is 32.2. The zero-order valence-electron chi connectivity index (χ0n) is 17.6. The normalized spacial score (nSPS) is 12.5. The Morgan fingerprint density at radius 3 is 1.50 bits per heavy atom. The minimum absolute atomic E-state index is 0.0275. The topological polar surface area (TPSA) is 71.1 Å². The molecule has 0 N–H and O–H groups in total. The Morgan fingerprint density at radius 2 is 1.13 bits per heavy atom. The van der Waals surface area contributed by atoms with Gasteiger partial charge in [-0.05, 0) is 27.7 Å². The van der Waals surface area contributed by atoms with Crippen molar-refractivity contribution in [3.05, 3.63) is 0 Å². The van der Waals surface area contributed by atoms with Crippen molar-refractivity contribution in [1.29, 1.82) is 0 Å². The molecule has 0 saturated carbocycles. The number of thioether (sulfide) groups is 2. The quantitative estimate of drug-likeness (QED) is 0.172. The Morgan fingerprint density at radius 1 is 0.733 bits per heavy atom. The van der Waals surface area contributed by atoms with E-state index < -0.39 is 47.5 Å². The third-order valence-electron chi connectivity index (χ3n) is 3.47. The molecule has 0 rings (SSSR count). The summed E-state index contributed by atoms with van der Waals surface area (Å²) in [5, 5.41) is 0. The molecular weight excluding hydrogens is 452 g/mol. The average Bonchev–Trinajstić information content (AvgIpc) is 2.64. The van der Waals surface area contributed by atoms with Gasteiger partial charge in [0.1, 0.15) is 0 Å². The summed E-state index contributed by atoms with van der Waals surface area (Å²) in [6, 6.07) is 0. The molecule has 6 nitrogen and oxygen atoms in total. The minimum Gasteiger partial charge on any atom is -0.465 e. The lowest BCUT2D eigenvalue weighted by atomic mass is 10.1. The van der Waals surface area contributed by atoms with Gasteiger partial charge < -0.3 is 18.9 Å². The van der Waals surface area contributed by atoms with Crippen molar-refractivity contribution in [2.45, 2.75) is 63.3 Å². The first-order valence-corrected chi connectivity index (χ1v) is 11.7. The Hall–Kier alpha value is -0.720. The number of rotatable bonds is 17. The highest BCUT2D eigenvalue weighted by Crippen LogP contribution is 2.45. The first-order chi connectivity index (χ1) is 14.0. The number of hydrogen-bond acceptors (Lipinski definition) is 8. The van der Waals surface area contributed by atoms with Crippen LogP contribution in [0.1, 0.15) is 40.5 Å². The van der Waals surface area contributed by atoms with Gasteiger partial charge in [-0.15, -0.1) is 23.5 Å². The highest BCUT2D eigenvalue weighted by Gasteiger charge is 2.58. The number of carbonyl (C=O) groups excluding carboxylic acids is 2. The molecule has 0 atom stereocenters. The summed E-state index contributed by atoms with van der Waals surface area (Å²) in [4.78, 5) is 23.1. The first kappa shape index (κ1) is 29.3. The largest absolute Gasteiger partial charge is 0.465 e. The van der Waals surface area contributed by atoms with Crippen molar-refractivity contribution in [1.82, 2.24) is 0 Å². The first-order valence-electron chi connectivity index (χ1n) is 9.56. The predicted molar refractivity (Wildman–Crippen MR) is 108 cm³/mol. The van der Waals surface area contributed by atoms with Crippen LogP contribution in [0.15, 0.2) is 0 Å². The third kappa shape index (κ3) is 11.6. The average molecular weight is 483 g/mol. The van der Waals surface area contributed by atoms with E-state index in [1.165, 1.54) is 13.8 Å². The lowest BCUT2D eigenvalue weighted by molar-refractivity contribution is -0.253. The van der Waals surface area contributed by atoms with Gasteiger partial charge in [-0.1, -0.05) is 0 Å². The van der Waals surface area contributed by atoms with Crippen molar-refractivity contribution in [3.63, 3.8) is 0 Å². The summed E-state index contributed by atoms with van der Waals surface area (Å²) in [6.45, 7) is 6.50. The molecule has 0 spiro atoms. The van der Waals surface area contributed by atoms with E-state index in [0.717, 1.165) is 0 Å². The Balaban J connectivity index is 5.20. The van der Waals surface area contributed by atoms with Gasteiger partial charge in [0.15, 0.2) is 6.29 Å². The fraction of sp³-hybridized carbons (Fsp3) is 0.889. The predicted octanol–water partition coefficient (Wildman–Crippen LogP) is 4.36. The molecule has 12 heteroatoms. The number of halogens is 4. The summed E-state index contributed by atoms with van der Waals surface area (Å²) in [5.41, 5.74) is 0. The third-order valence-corrected chi connectivity index (χ3v) is 6.17. The molecule has 0 aliphatic carbocycles. The van der Waals surface area contributed by atoms with Gasteiger partial charge in [-0.25, -0.2) is 0 Å². The molecule has 0 amide bonds. The van der Waals surface area contributed by atoms with E-state index in [1.54, 1.807) is 13.8 Å². The molecule has 0 bridgehead atoms. The summed E-state index contributed by atoms with van der Waals surface area (Å²) in [6.07, 6.45) is -4.06. The summed E-state index contributed by atoms with van der Waals surface area (Å²) < 4.78 is 76.0. The molecule has 0 aromatic heterocycles. The molecule has 30 heavy (non-hydrogen) atoms. The van der Waals surface area contributed by atoms with Crippen LogP contribution in [0.4, 0.5) is 17.6 Å². The molecule has 0 aliphatic rings. The van der Waals surface area contributed by atoms with Crippen LogP contribution in [0.2, 0.25) is 0 Å². The Kier molecular flexibility index (Phi) is 14.8. The van der Waals surface area contributed by atoms with E-state index in [1.807, 2.05) is 0 Å². The summed E-state index contributed by atoms with van der Waals surface area (Å²) in [7, 11) is 0. The number of ether oxygens (including phenoxy) is 4. The maximum Gasteiger partial charge on any atom is 0.315 e. The second-order valence-electron chi connectivity index (χ2n) is 5.82. The van der Waals surface area contributed by atoms with Crippen molar-refractivity contribution in [3.8, 4) is 0 Å². The standard InChI is InChI=1S/C18H30F4O6S2/c1-5-25-13(23)11-29-16(30-12-14(24)26-6-2)10-18(21,22)17(19,20)9-15(27-7-3)28-8-4/h15-16H,5-12H2,1-4H3. The van der Waals surface area contributed by atoms with Gasteiger partial charge in [-0.2, -0.15) is 17.6 Å². The number of esters is 2. The zero-order valence-corrected chi connectivity index (χ0v) is 19.2. The van der Waals surface area contributed by atoms with Crippen LogP contribution in [-0.4, -0.2) is 72.6 Å². The van der Waals surface area contributed by atoms with Crippen molar-refractivity contribution in [2.75, 3.05) is 37.9 Å². The molecule has 0 saturated heterocycles. The van der Waals surface area contributed by atoms with E-state index in [9.17, 15) is 27.2 Å². The SMILES string of the molecule is CCOC(=O)CSC(CC(F)(F)C(F)(F)CC(OCC)OCC)SCC(=O)OCC. The van der Waals surface area contributed by atoms with Crippen LogP contribution in [-0.2, 0) is 28.5 Å². The lowest BCUT2D eigenvalue weighted by Crippen LogP contribution is -2.45.